The van der Waals surface area contributed by atoms with E-state index >= 15 is 0 Å². The summed E-state index contributed by atoms with van der Waals surface area (Å²) >= 11 is 0. The van der Waals surface area contributed by atoms with Gasteiger partial charge in [-0.2, -0.15) is 0 Å². The highest BCUT2D eigenvalue weighted by molar-refractivity contribution is 5.55. The summed E-state index contributed by atoms with van der Waals surface area (Å²) in [5.41, 5.74) is 0.0390. The van der Waals surface area contributed by atoms with Crippen molar-refractivity contribution in [2.45, 2.75) is 0 Å². The Morgan fingerprint density at radius 2 is 2.10 bits per heavy atom. The van der Waals surface area contributed by atoms with Crippen LogP contribution in [0.5, 0.6) is 0 Å². The van der Waals surface area contributed by atoms with Gasteiger partial charge in [-0.05, 0) is 0 Å². The molecule has 2 N–H and O–H groups in total. The second-order valence-corrected chi connectivity index (χ2v) is 4.63. The Hall–Kier alpha value is -1.93. The first-order chi connectivity index (χ1) is 9.63. The van der Waals surface area contributed by atoms with Crippen molar-refractivity contribution < 1.29 is 10.0 Å². The second-order valence-electron chi connectivity index (χ2n) is 4.63. The number of aliphatic hydroxyl groups is 1. The third-order valence-corrected chi connectivity index (χ3v) is 3.38. The van der Waals surface area contributed by atoms with Gasteiger partial charge in [0.2, 0.25) is 0 Å². The molecule has 2 heterocycles. The molecule has 8 nitrogen and oxygen atoms in total. The topological polar surface area (TPSA) is 94.8 Å². The highest BCUT2D eigenvalue weighted by atomic mass is 16.6. The standard InChI is InChI=1S/C12H19N5O3/c1-13-11-8-10(17(19)20)9-12(14-11)16-4-2-15(3-5-16)6-7-18/h8-9,18H,2-7H2,1H3,(H,13,14). The fourth-order valence-electron chi connectivity index (χ4n) is 2.24. The lowest BCUT2D eigenvalue weighted by Crippen LogP contribution is -2.47. The van der Waals surface area contributed by atoms with Gasteiger partial charge in [0.25, 0.3) is 5.69 Å². The van der Waals surface area contributed by atoms with Crippen molar-refractivity contribution in [3.8, 4) is 0 Å². The number of nitrogens with zero attached hydrogens (tertiary/aromatic N) is 4. The molecular weight excluding hydrogens is 262 g/mol. The van der Waals surface area contributed by atoms with Crippen LogP contribution in [0.25, 0.3) is 0 Å². The number of hydrogen-bond donors (Lipinski definition) is 2. The normalized spacial score (nSPS) is 16.2. The molecule has 0 atom stereocenters. The second kappa shape index (κ2) is 6.49. The molecule has 1 aliphatic heterocycles. The summed E-state index contributed by atoms with van der Waals surface area (Å²) in [7, 11) is 1.69. The summed E-state index contributed by atoms with van der Waals surface area (Å²) in [5, 5.41) is 22.7. The van der Waals surface area contributed by atoms with Gasteiger partial charge in [-0.15, -0.1) is 0 Å². The molecule has 1 fully saturated rings. The molecule has 0 saturated carbocycles. The van der Waals surface area contributed by atoms with E-state index in [4.69, 9.17) is 5.11 Å². The molecular formula is C12H19N5O3. The summed E-state index contributed by atoms with van der Waals surface area (Å²) < 4.78 is 0. The lowest BCUT2D eigenvalue weighted by Gasteiger charge is -2.35. The van der Waals surface area contributed by atoms with Gasteiger partial charge in [-0.3, -0.25) is 15.0 Å². The molecule has 1 saturated heterocycles. The van der Waals surface area contributed by atoms with Crippen molar-refractivity contribution in [2.24, 2.45) is 0 Å². The van der Waals surface area contributed by atoms with E-state index in [0.29, 0.717) is 18.2 Å². The van der Waals surface area contributed by atoms with Crippen LogP contribution in [-0.2, 0) is 0 Å². The molecule has 0 radical (unpaired) electrons. The van der Waals surface area contributed by atoms with Gasteiger partial charge in [0.1, 0.15) is 11.6 Å². The Morgan fingerprint density at radius 3 is 2.65 bits per heavy atom. The van der Waals surface area contributed by atoms with E-state index in [-0.39, 0.29) is 12.3 Å². The van der Waals surface area contributed by atoms with Gasteiger partial charge < -0.3 is 15.3 Å². The van der Waals surface area contributed by atoms with Gasteiger partial charge in [0, 0.05) is 39.8 Å². The number of piperazine rings is 1. The number of anilines is 2. The number of nitro groups is 1. The van der Waals surface area contributed by atoms with Crippen molar-refractivity contribution in [1.82, 2.24) is 9.88 Å². The van der Waals surface area contributed by atoms with E-state index < -0.39 is 4.92 Å². The number of aromatic nitrogens is 1. The average Bonchev–Trinajstić information content (AvgIpc) is 2.47. The molecule has 20 heavy (non-hydrogen) atoms. The zero-order chi connectivity index (χ0) is 14.5. The summed E-state index contributed by atoms with van der Waals surface area (Å²) in [6.07, 6.45) is 0. The van der Waals surface area contributed by atoms with Crippen LogP contribution in [0.4, 0.5) is 17.3 Å². The maximum atomic E-state index is 10.9. The number of aliphatic hydroxyl groups excluding tert-OH is 1. The molecule has 1 aromatic rings. The molecule has 1 aromatic heterocycles. The summed E-state index contributed by atoms with van der Waals surface area (Å²) in [5.74, 6) is 1.11. The molecule has 0 amide bonds. The van der Waals surface area contributed by atoms with Crippen LogP contribution < -0.4 is 10.2 Å². The Kier molecular flexibility index (Phi) is 4.70. The zero-order valence-electron chi connectivity index (χ0n) is 11.4. The first kappa shape index (κ1) is 14.5. The lowest BCUT2D eigenvalue weighted by molar-refractivity contribution is -0.384. The van der Waals surface area contributed by atoms with E-state index in [2.05, 4.69) is 15.2 Å². The molecule has 0 unspecified atom stereocenters. The van der Waals surface area contributed by atoms with Crippen LogP contribution in [0, 0.1) is 10.1 Å². The van der Waals surface area contributed by atoms with Gasteiger partial charge >= 0.3 is 0 Å². The molecule has 110 valence electrons. The van der Waals surface area contributed by atoms with Crippen LogP contribution >= 0.6 is 0 Å². The molecule has 0 bridgehead atoms. The van der Waals surface area contributed by atoms with Crippen molar-refractivity contribution in [3.63, 3.8) is 0 Å². The van der Waals surface area contributed by atoms with E-state index in [1.165, 1.54) is 12.1 Å². The van der Waals surface area contributed by atoms with E-state index in [1.54, 1.807) is 7.05 Å². The predicted octanol–water partition coefficient (Wildman–Crippen LogP) is 0.146. The Bertz CT molecular complexity index is 474. The molecule has 0 aliphatic carbocycles. The fourth-order valence-corrected chi connectivity index (χ4v) is 2.24. The quantitative estimate of drug-likeness (QED) is 0.585. The number of nitrogens with one attached hydrogen (secondary N) is 1. The van der Waals surface area contributed by atoms with Crippen LogP contribution in [0.2, 0.25) is 0 Å². The first-order valence-corrected chi connectivity index (χ1v) is 6.56. The molecule has 0 spiro atoms. The first-order valence-electron chi connectivity index (χ1n) is 6.56. The predicted molar refractivity (Wildman–Crippen MR) is 76.2 cm³/mol. The zero-order valence-corrected chi connectivity index (χ0v) is 11.4. The minimum Gasteiger partial charge on any atom is -0.395 e. The highest BCUT2D eigenvalue weighted by Gasteiger charge is 2.20. The SMILES string of the molecule is CNc1cc([N+](=O)[O-])cc(N2CCN(CCO)CC2)n1. The Morgan fingerprint density at radius 1 is 1.40 bits per heavy atom. The van der Waals surface area contributed by atoms with Crippen molar-refractivity contribution in [1.29, 1.82) is 0 Å². The van der Waals surface area contributed by atoms with E-state index in [9.17, 15) is 10.1 Å². The van der Waals surface area contributed by atoms with Crippen LogP contribution in [0.15, 0.2) is 12.1 Å². The third kappa shape index (κ3) is 3.34. The maximum absolute atomic E-state index is 10.9. The summed E-state index contributed by atoms with van der Waals surface area (Å²) in [6.45, 7) is 3.95. The number of β-amino-alcohol motifs (C(OH)–C–C–N with tert-alkyl or cyclic N) is 1. The maximum Gasteiger partial charge on any atom is 0.276 e. The average molecular weight is 281 g/mol. The van der Waals surface area contributed by atoms with Gasteiger partial charge in [0.05, 0.1) is 23.7 Å². The summed E-state index contributed by atoms with van der Waals surface area (Å²) in [6, 6.07) is 2.92. The smallest absolute Gasteiger partial charge is 0.276 e. The minimum atomic E-state index is -0.409. The fraction of sp³-hybridized carbons (Fsp3) is 0.583. The van der Waals surface area contributed by atoms with Crippen LogP contribution in [0.3, 0.4) is 0 Å². The highest BCUT2D eigenvalue weighted by Crippen LogP contribution is 2.23. The summed E-state index contributed by atoms with van der Waals surface area (Å²) in [4.78, 5) is 19.1. The van der Waals surface area contributed by atoms with Gasteiger partial charge in [0.15, 0.2) is 0 Å². The van der Waals surface area contributed by atoms with Crippen LogP contribution in [0.1, 0.15) is 0 Å². The Balaban J connectivity index is 2.12. The van der Waals surface area contributed by atoms with Gasteiger partial charge in [-0.1, -0.05) is 0 Å². The van der Waals surface area contributed by atoms with Gasteiger partial charge in [-0.25, -0.2) is 4.98 Å². The van der Waals surface area contributed by atoms with E-state index in [1.807, 2.05) is 4.90 Å². The minimum absolute atomic E-state index is 0.0390. The molecule has 0 aromatic carbocycles. The van der Waals surface area contributed by atoms with Crippen LogP contribution in [-0.4, -0.2) is 66.3 Å². The number of rotatable bonds is 5. The molecule has 2 rings (SSSR count). The Labute approximate surface area is 117 Å². The van der Waals surface area contributed by atoms with Crippen molar-refractivity contribution in [3.05, 3.63) is 22.2 Å². The third-order valence-electron chi connectivity index (χ3n) is 3.38. The monoisotopic (exact) mass is 281 g/mol. The number of pyridine rings is 1. The van der Waals surface area contributed by atoms with Crippen molar-refractivity contribution >= 4 is 17.3 Å². The van der Waals surface area contributed by atoms with E-state index in [0.717, 1.165) is 26.2 Å². The molecule has 1 aliphatic rings. The van der Waals surface area contributed by atoms with Crippen molar-refractivity contribution in [2.75, 3.05) is 56.6 Å². The lowest BCUT2D eigenvalue weighted by atomic mass is 10.3. The molecule has 8 heteroatoms. The largest absolute Gasteiger partial charge is 0.395 e. The number of hydrogen-bond acceptors (Lipinski definition) is 7.